The van der Waals surface area contributed by atoms with Crippen LogP contribution in [0.1, 0.15) is 42.8 Å². The molecule has 7 nitrogen and oxygen atoms in total. The monoisotopic (exact) mass is 592 g/mol. The number of allylic oxidation sites excluding steroid dienone is 2. The van der Waals surface area contributed by atoms with Gasteiger partial charge in [-0.15, -0.1) is 0 Å². The van der Waals surface area contributed by atoms with Crippen molar-refractivity contribution in [2.45, 2.75) is 31.7 Å². The maximum atomic E-state index is 13.3. The van der Waals surface area contributed by atoms with Crippen molar-refractivity contribution in [1.82, 2.24) is 0 Å². The summed E-state index contributed by atoms with van der Waals surface area (Å²) >= 11 is 6.81. The zero-order valence-corrected chi connectivity index (χ0v) is 21.1. The summed E-state index contributed by atoms with van der Waals surface area (Å²) in [6.45, 7) is 0.270. The number of phenolic OH excluding ortho intramolecular Hbond substituents is 1. The Kier molecular flexibility index (Phi) is 7.88. The lowest BCUT2D eigenvalue weighted by atomic mass is 9.91. The molecule has 178 valence electrons. The number of ether oxygens (including phenoxy) is 2. The average molecular weight is 594 g/mol. The SMILES string of the molecule is O=C(O)CC/C=C\C[C@@H]1CO[C@H](c2coc3c(Br)cc(Br)cc3c2=O)O[C@@H]1c1ccccc1O. The third-order valence-corrected chi connectivity index (χ3v) is 6.65. The smallest absolute Gasteiger partial charge is 0.303 e. The van der Waals surface area contributed by atoms with Crippen LogP contribution in [0.3, 0.4) is 0 Å². The van der Waals surface area contributed by atoms with Crippen molar-refractivity contribution in [3.05, 3.63) is 85.1 Å². The van der Waals surface area contributed by atoms with E-state index in [0.29, 0.717) is 33.8 Å². The van der Waals surface area contributed by atoms with Crippen LogP contribution in [0.25, 0.3) is 11.0 Å². The van der Waals surface area contributed by atoms with Gasteiger partial charge in [-0.1, -0.05) is 46.3 Å². The summed E-state index contributed by atoms with van der Waals surface area (Å²) in [5.74, 6) is -0.912. The molecule has 0 spiro atoms. The molecule has 1 aromatic heterocycles. The highest BCUT2D eigenvalue weighted by atomic mass is 79.9. The molecule has 0 radical (unpaired) electrons. The first-order chi connectivity index (χ1) is 16.3. The first kappa shape index (κ1) is 24.7. The second-order valence-corrected chi connectivity index (χ2v) is 9.73. The van der Waals surface area contributed by atoms with Gasteiger partial charge in [0.25, 0.3) is 0 Å². The van der Waals surface area contributed by atoms with Crippen LogP contribution in [-0.4, -0.2) is 22.8 Å². The quantitative estimate of drug-likeness (QED) is 0.312. The number of para-hydroxylation sites is 1. The Bertz CT molecular complexity index is 1280. The van der Waals surface area contributed by atoms with Gasteiger partial charge in [0.1, 0.15) is 12.0 Å². The molecule has 2 N–H and O–H groups in total. The Morgan fingerprint density at radius 1 is 1.15 bits per heavy atom. The fourth-order valence-corrected chi connectivity index (χ4v) is 5.25. The number of rotatable bonds is 7. The normalized spacial score (nSPS) is 20.7. The van der Waals surface area contributed by atoms with Gasteiger partial charge < -0.3 is 24.1 Å². The maximum absolute atomic E-state index is 13.3. The van der Waals surface area contributed by atoms with E-state index < -0.39 is 18.4 Å². The van der Waals surface area contributed by atoms with Gasteiger partial charge >= 0.3 is 5.97 Å². The Morgan fingerprint density at radius 2 is 1.94 bits per heavy atom. The number of carboxylic acids is 1. The van der Waals surface area contributed by atoms with Crippen LogP contribution in [0.15, 0.2) is 73.0 Å². The third-order valence-electron chi connectivity index (χ3n) is 5.61. The molecule has 0 amide bonds. The second-order valence-electron chi connectivity index (χ2n) is 7.96. The van der Waals surface area contributed by atoms with Crippen LogP contribution in [0, 0.1) is 5.92 Å². The van der Waals surface area contributed by atoms with Gasteiger partial charge in [0.2, 0.25) is 5.43 Å². The van der Waals surface area contributed by atoms with Crippen LogP contribution in [0.5, 0.6) is 5.75 Å². The molecule has 3 aromatic rings. The Balaban J connectivity index is 1.63. The molecule has 2 aromatic carbocycles. The number of carboxylic acid groups (broad SMARTS) is 1. The molecular weight excluding hydrogens is 572 g/mol. The van der Waals surface area contributed by atoms with Gasteiger partial charge in [-0.05, 0) is 47.0 Å². The van der Waals surface area contributed by atoms with E-state index in [1.54, 1.807) is 30.3 Å². The summed E-state index contributed by atoms with van der Waals surface area (Å²) in [5.41, 5.74) is 0.981. The first-order valence-electron chi connectivity index (χ1n) is 10.7. The number of phenols is 1. The zero-order chi connectivity index (χ0) is 24.2. The predicted octanol–water partition coefficient (Wildman–Crippen LogP) is 6.24. The van der Waals surface area contributed by atoms with Crippen molar-refractivity contribution in [2.24, 2.45) is 5.92 Å². The molecule has 1 fully saturated rings. The molecule has 1 aliphatic heterocycles. The van der Waals surface area contributed by atoms with Crippen molar-refractivity contribution in [1.29, 1.82) is 0 Å². The number of halogens is 2. The number of aromatic hydroxyl groups is 1. The Hall–Kier alpha value is -2.46. The van der Waals surface area contributed by atoms with Crippen molar-refractivity contribution in [2.75, 3.05) is 6.61 Å². The number of aliphatic carboxylic acids is 1. The number of hydrogen-bond acceptors (Lipinski definition) is 6. The molecule has 34 heavy (non-hydrogen) atoms. The minimum atomic E-state index is -0.977. The molecule has 3 atom stereocenters. The molecule has 1 saturated heterocycles. The number of fused-ring (bicyclic) bond motifs is 1. The lowest BCUT2D eigenvalue weighted by Crippen LogP contribution is -2.32. The van der Waals surface area contributed by atoms with E-state index in [1.165, 1.54) is 6.26 Å². The van der Waals surface area contributed by atoms with E-state index in [2.05, 4.69) is 31.9 Å². The number of hydrogen-bond donors (Lipinski definition) is 2. The van der Waals surface area contributed by atoms with Crippen LogP contribution in [0.2, 0.25) is 0 Å². The minimum absolute atomic E-state index is 0.0586. The fourth-order valence-electron chi connectivity index (χ4n) is 3.93. The molecule has 1 aliphatic rings. The van der Waals surface area contributed by atoms with Crippen molar-refractivity contribution in [3.8, 4) is 5.75 Å². The van der Waals surface area contributed by atoms with Crippen molar-refractivity contribution < 1.29 is 28.9 Å². The minimum Gasteiger partial charge on any atom is -0.508 e. The largest absolute Gasteiger partial charge is 0.508 e. The van der Waals surface area contributed by atoms with E-state index in [9.17, 15) is 14.7 Å². The van der Waals surface area contributed by atoms with E-state index in [-0.39, 0.29) is 35.7 Å². The van der Waals surface area contributed by atoms with Gasteiger partial charge in [-0.25, -0.2) is 0 Å². The lowest BCUT2D eigenvalue weighted by Gasteiger charge is -2.36. The highest BCUT2D eigenvalue weighted by Gasteiger charge is 2.36. The summed E-state index contributed by atoms with van der Waals surface area (Å²) in [4.78, 5) is 24.0. The molecule has 0 saturated carbocycles. The summed E-state index contributed by atoms with van der Waals surface area (Å²) in [6, 6.07) is 10.4. The van der Waals surface area contributed by atoms with Gasteiger partial charge in [0, 0.05) is 22.4 Å². The third kappa shape index (κ3) is 5.43. The fraction of sp³-hybridized carbons (Fsp3) is 0.280. The van der Waals surface area contributed by atoms with Crippen molar-refractivity contribution in [3.63, 3.8) is 0 Å². The highest BCUT2D eigenvalue weighted by molar-refractivity contribution is 9.11. The van der Waals surface area contributed by atoms with Gasteiger partial charge in [0.15, 0.2) is 11.9 Å². The number of benzene rings is 2. The van der Waals surface area contributed by atoms with E-state index in [1.807, 2.05) is 18.2 Å². The van der Waals surface area contributed by atoms with Crippen molar-refractivity contribution >= 4 is 48.8 Å². The zero-order valence-electron chi connectivity index (χ0n) is 17.9. The second kappa shape index (κ2) is 10.9. The van der Waals surface area contributed by atoms with E-state index >= 15 is 0 Å². The van der Waals surface area contributed by atoms with Crippen LogP contribution >= 0.6 is 31.9 Å². The van der Waals surface area contributed by atoms with E-state index in [0.717, 1.165) is 4.47 Å². The number of carbonyl (C=O) groups is 1. The van der Waals surface area contributed by atoms with Gasteiger partial charge in [-0.2, -0.15) is 0 Å². The molecule has 0 unspecified atom stereocenters. The summed E-state index contributed by atoms with van der Waals surface area (Å²) in [7, 11) is 0. The molecule has 0 aliphatic carbocycles. The summed E-state index contributed by atoms with van der Waals surface area (Å²) < 4.78 is 19.3. The van der Waals surface area contributed by atoms with Crippen LogP contribution in [-0.2, 0) is 14.3 Å². The molecular formula is C25H22Br2O7. The van der Waals surface area contributed by atoms with E-state index in [4.69, 9.17) is 19.0 Å². The molecule has 2 heterocycles. The van der Waals surface area contributed by atoms with Crippen LogP contribution in [0.4, 0.5) is 0 Å². The van der Waals surface area contributed by atoms with Gasteiger partial charge in [0.05, 0.1) is 28.1 Å². The molecule has 0 bridgehead atoms. The molecule has 9 heteroatoms. The molecule has 4 rings (SSSR count). The summed E-state index contributed by atoms with van der Waals surface area (Å²) in [6.07, 6.45) is 4.58. The van der Waals surface area contributed by atoms with Crippen LogP contribution < -0.4 is 5.43 Å². The van der Waals surface area contributed by atoms with Gasteiger partial charge in [-0.3, -0.25) is 9.59 Å². The maximum Gasteiger partial charge on any atom is 0.303 e. The predicted molar refractivity (Wildman–Crippen MR) is 133 cm³/mol. The first-order valence-corrected chi connectivity index (χ1v) is 12.3. The Labute approximate surface area is 212 Å². The standard InChI is InChI=1S/C25H22Br2O7/c26-15-10-17-22(31)18(13-32-24(17)19(27)11-15)25-33-12-14(6-2-1-3-9-21(29)30)23(34-25)16-7-4-5-8-20(16)28/h1-2,4-5,7-8,10-11,13-14,23,25,28H,3,6,9,12H2,(H,29,30)/b2-1-/t14-,23+,25+/m1/s1. The summed E-state index contributed by atoms with van der Waals surface area (Å²) in [5, 5.41) is 19.7. The lowest BCUT2D eigenvalue weighted by molar-refractivity contribution is -0.244. The average Bonchev–Trinajstić information content (AvgIpc) is 2.80. The Morgan fingerprint density at radius 3 is 2.71 bits per heavy atom. The highest BCUT2D eigenvalue weighted by Crippen LogP contribution is 2.42. The topological polar surface area (TPSA) is 106 Å².